The lowest BCUT2D eigenvalue weighted by molar-refractivity contribution is -0.117. The van der Waals surface area contributed by atoms with E-state index in [1.54, 1.807) is 19.1 Å². The van der Waals surface area contributed by atoms with Crippen molar-refractivity contribution in [1.29, 1.82) is 0 Å². The Kier molecular flexibility index (Phi) is 6.01. The zero-order chi connectivity index (χ0) is 19.5. The van der Waals surface area contributed by atoms with Crippen LogP contribution in [0.2, 0.25) is 0 Å². The number of rotatable bonds is 7. The summed E-state index contributed by atoms with van der Waals surface area (Å²) in [7, 11) is 0. The van der Waals surface area contributed by atoms with Gasteiger partial charge in [-0.1, -0.05) is 17.7 Å². The molecule has 0 aromatic heterocycles. The van der Waals surface area contributed by atoms with Crippen LogP contribution in [0.5, 0.6) is 0 Å². The van der Waals surface area contributed by atoms with Gasteiger partial charge in [0.25, 0.3) is 5.91 Å². The summed E-state index contributed by atoms with van der Waals surface area (Å²) in [5.74, 6) is 0.229. The number of allylic oxidation sites excluding steroid dienone is 1. The number of nitrogens with zero attached hydrogens (tertiary/aromatic N) is 1. The summed E-state index contributed by atoms with van der Waals surface area (Å²) >= 11 is 0. The third kappa shape index (κ3) is 4.81. The quantitative estimate of drug-likeness (QED) is 0.437. The summed E-state index contributed by atoms with van der Waals surface area (Å²) in [4.78, 5) is 16.9. The molecule has 0 spiro atoms. The lowest BCUT2D eigenvalue weighted by atomic mass is 10.0. The second-order valence-electron chi connectivity index (χ2n) is 7.46. The SMILES string of the molecule is C=N/C(NC1(C)CC1)=C(\C)C(C(=O)NCc1ccc(F)c(C)c1)=C(C)C. The molecule has 0 unspecified atom stereocenters. The van der Waals surface area contributed by atoms with Gasteiger partial charge in [0.05, 0.1) is 0 Å². The lowest BCUT2D eigenvalue weighted by Crippen LogP contribution is -2.30. The van der Waals surface area contributed by atoms with E-state index in [1.165, 1.54) is 6.07 Å². The second kappa shape index (κ2) is 7.85. The van der Waals surface area contributed by atoms with Gasteiger partial charge < -0.3 is 10.6 Å². The first-order valence-corrected chi connectivity index (χ1v) is 8.84. The molecule has 1 aliphatic carbocycles. The number of carbonyl (C=O) groups excluding carboxylic acids is 1. The van der Waals surface area contributed by atoms with E-state index in [4.69, 9.17) is 0 Å². The molecule has 2 rings (SSSR count). The van der Waals surface area contributed by atoms with Crippen LogP contribution < -0.4 is 10.6 Å². The van der Waals surface area contributed by atoms with Gasteiger partial charge in [0.15, 0.2) is 0 Å². The molecule has 1 aromatic rings. The molecule has 0 heterocycles. The van der Waals surface area contributed by atoms with Crippen molar-refractivity contribution in [3.05, 3.63) is 57.7 Å². The highest BCUT2D eigenvalue weighted by Crippen LogP contribution is 2.36. The van der Waals surface area contributed by atoms with Crippen LogP contribution in [0.1, 0.15) is 51.7 Å². The third-order valence-electron chi connectivity index (χ3n) is 4.71. The minimum atomic E-state index is -0.245. The maximum absolute atomic E-state index is 13.4. The number of amides is 1. The van der Waals surface area contributed by atoms with Gasteiger partial charge in [-0.2, -0.15) is 0 Å². The molecule has 26 heavy (non-hydrogen) atoms. The first-order valence-electron chi connectivity index (χ1n) is 8.84. The van der Waals surface area contributed by atoms with Crippen LogP contribution in [0.4, 0.5) is 4.39 Å². The highest BCUT2D eigenvalue weighted by atomic mass is 19.1. The van der Waals surface area contributed by atoms with E-state index in [-0.39, 0.29) is 17.3 Å². The molecule has 0 saturated heterocycles. The zero-order valence-electron chi connectivity index (χ0n) is 16.3. The molecule has 0 atom stereocenters. The van der Waals surface area contributed by atoms with E-state index in [0.717, 1.165) is 29.6 Å². The fourth-order valence-corrected chi connectivity index (χ4v) is 2.83. The highest BCUT2D eigenvalue weighted by molar-refractivity contribution is 5.98. The molecule has 1 saturated carbocycles. The molecule has 0 aliphatic heterocycles. The van der Waals surface area contributed by atoms with Crippen molar-refractivity contribution in [3.63, 3.8) is 0 Å². The summed E-state index contributed by atoms with van der Waals surface area (Å²) in [5, 5.41) is 6.31. The molecule has 2 N–H and O–H groups in total. The molecule has 1 amide bonds. The van der Waals surface area contributed by atoms with Crippen LogP contribution >= 0.6 is 0 Å². The number of halogens is 1. The van der Waals surface area contributed by atoms with Crippen molar-refractivity contribution >= 4 is 12.6 Å². The number of hydrogen-bond donors (Lipinski definition) is 2. The smallest absolute Gasteiger partial charge is 0.251 e. The van der Waals surface area contributed by atoms with Crippen LogP contribution in [0.15, 0.2) is 45.7 Å². The van der Waals surface area contributed by atoms with E-state index in [2.05, 4.69) is 29.3 Å². The highest BCUT2D eigenvalue weighted by Gasteiger charge is 2.38. The molecule has 0 radical (unpaired) electrons. The van der Waals surface area contributed by atoms with E-state index in [1.807, 2.05) is 20.8 Å². The van der Waals surface area contributed by atoms with E-state index >= 15 is 0 Å². The standard InChI is InChI=1S/C21H28FN3O/c1-13(2)18(15(4)19(23-6)25-21(5)9-10-21)20(26)24-12-16-7-8-17(22)14(3)11-16/h7-8,11,25H,6,9-10,12H2,1-5H3,(H,24,26)/b19-15-. The lowest BCUT2D eigenvalue weighted by Gasteiger charge is -2.18. The second-order valence-corrected chi connectivity index (χ2v) is 7.46. The van der Waals surface area contributed by atoms with Crippen LogP contribution in [-0.4, -0.2) is 18.2 Å². The van der Waals surface area contributed by atoms with Gasteiger partial charge in [-0.25, -0.2) is 9.38 Å². The first-order chi connectivity index (χ1) is 12.2. The van der Waals surface area contributed by atoms with Crippen molar-refractivity contribution in [3.8, 4) is 0 Å². The van der Waals surface area contributed by atoms with Gasteiger partial charge in [0, 0.05) is 23.2 Å². The Morgan fingerprint density at radius 2 is 1.96 bits per heavy atom. The van der Waals surface area contributed by atoms with Gasteiger partial charge in [-0.3, -0.25) is 4.79 Å². The third-order valence-corrected chi connectivity index (χ3v) is 4.71. The number of hydrogen-bond acceptors (Lipinski definition) is 3. The van der Waals surface area contributed by atoms with Gasteiger partial charge in [-0.05, 0) is 71.4 Å². The van der Waals surface area contributed by atoms with Crippen LogP contribution in [0.3, 0.4) is 0 Å². The zero-order valence-corrected chi connectivity index (χ0v) is 16.3. The minimum Gasteiger partial charge on any atom is -0.365 e. The molecule has 1 aromatic carbocycles. The first kappa shape index (κ1) is 19.9. The average Bonchev–Trinajstić information content (AvgIpc) is 3.31. The van der Waals surface area contributed by atoms with E-state index in [9.17, 15) is 9.18 Å². The maximum Gasteiger partial charge on any atom is 0.251 e. The summed E-state index contributed by atoms with van der Waals surface area (Å²) in [6.07, 6.45) is 2.17. The number of carbonyl (C=O) groups is 1. The van der Waals surface area contributed by atoms with Crippen molar-refractivity contribution in [2.45, 2.75) is 59.5 Å². The number of aryl methyl sites for hydroxylation is 1. The van der Waals surface area contributed by atoms with Gasteiger partial charge in [0.1, 0.15) is 11.6 Å². The Bertz CT molecular complexity index is 784. The Morgan fingerprint density at radius 1 is 1.31 bits per heavy atom. The Hall–Kier alpha value is -2.43. The summed E-state index contributed by atoms with van der Waals surface area (Å²) < 4.78 is 13.4. The Labute approximate surface area is 155 Å². The van der Waals surface area contributed by atoms with Crippen molar-refractivity contribution < 1.29 is 9.18 Å². The number of benzene rings is 1. The minimum absolute atomic E-state index is 0.0483. The molecule has 4 nitrogen and oxygen atoms in total. The largest absolute Gasteiger partial charge is 0.365 e. The van der Waals surface area contributed by atoms with Crippen LogP contribution in [0, 0.1) is 12.7 Å². The molecule has 5 heteroatoms. The summed E-state index contributed by atoms with van der Waals surface area (Å²) in [6.45, 7) is 13.5. The molecule has 1 aliphatic rings. The van der Waals surface area contributed by atoms with Gasteiger partial charge in [0.2, 0.25) is 0 Å². The molecular weight excluding hydrogens is 329 g/mol. The maximum atomic E-state index is 13.4. The number of aliphatic imine (C=N–C) groups is 1. The molecule has 0 bridgehead atoms. The molecule has 1 fully saturated rings. The molecular formula is C21H28FN3O. The Morgan fingerprint density at radius 3 is 2.46 bits per heavy atom. The average molecular weight is 357 g/mol. The molecule has 140 valence electrons. The Balaban J connectivity index is 2.17. The predicted octanol–water partition coefficient (Wildman–Crippen LogP) is 4.16. The normalized spacial score (nSPS) is 15.6. The van der Waals surface area contributed by atoms with Crippen molar-refractivity contribution in [2.24, 2.45) is 4.99 Å². The monoisotopic (exact) mass is 357 g/mol. The fraction of sp³-hybridized carbons (Fsp3) is 0.429. The fourth-order valence-electron chi connectivity index (χ4n) is 2.83. The van der Waals surface area contributed by atoms with Crippen LogP contribution in [0.25, 0.3) is 0 Å². The van der Waals surface area contributed by atoms with Crippen LogP contribution in [-0.2, 0) is 11.3 Å². The van der Waals surface area contributed by atoms with E-state index < -0.39 is 0 Å². The van der Waals surface area contributed by atoms with Crippen molar-refractivity contribution in [1.82, 2.24) is 10.6 Å². The topological polar surface area (TPSA) is 53.5 Å². The van der Waals surface area contributed by atoms with Gasteiger partial charge >= 0.3 is 0 Å². The number of nitrogens with one attached hydrogen (secondary N) is 2. The van der Waals surface area contributed by atoms with E-state index in [0.29, 0.717) is 23.5 Å². The predicted molar refractivity (Wildman–Crippen MR) is 104 cm³/mol. The summed E-state index contributed by atoms with van der Waals surface area (Å²) in [6, 6.07) is 4.84. The van der Waals surface area contributed by atoms with Gasteiger partial charge in [-0.15, -0.1) is 0 Å². The summed E-state index contributed by atoms with van der Waals surface area (Å²) in [5.41, 5.74) is 3.75. The van der Waals surface area contributed by atoms with Crippen molar-refractivity contribution in [2.75, 3.05) is 0 Å².